The number of aryl methyl sites for hydroxylation is 2. The summed E-state index contributed by atoms with van der Waals surface area (Å²) in [5, 5.41) is 3.73. The number of thiazole rings is 1. The average Bonchev–Trinajstić information content (AvgIpc) is 2.97. The molecule has 5 nitrogen and oxygen atoms in total. The van der Waals surface area contributed by atoms with Crippen LogP contribution in [0.3, 0.4) is 0 Å². The van der Waals surface area contributed by atoms with Crippen molar-refractivity contribution in [2.24, 2.45) is 0 Å². The zero-order chi connectivity index (χ0) is 14.6. The highest BCUT2D eigenvalue weighted by molar-refractivity contribution is 7.11. The molecule has 0 radical (unpaired) electrons. The summed E-state index contributed by atoms with van der Waals surface area (Å²) in [6.07, 6.45) is 5.85. The van der Waals surface area contributed by atoms with Crippen LogP contribution in [0.2, 0.25) is 0 Å². The molecule has 0 saturated heterocycles. The van der Waals surface area contributed by atoms with Gasteiger partial charge in [0.2, 0.25) is 0 Å². The van der Waals surface area contributed by atoms with Gasteiger partial charge in [-0.25, -0.2) is 9.97 Å². The van der Waals surface area contributed by atoms with Crippen molar-refractivity contribution >= 4 is 16.9 Å². The highest BCUT2D eigenvalue weighted by Crippen LogP contribution is 2.49. The number of fused-ring (bicyclic) bond motifs is 2. The summed E-state index contributed by atoms with van der Waals surface area (Å²) >= 11 is 1.73. The van der Waals surface area contributed by atoms with Crippen molar-refractivity contribution in [3.63, 3.8) is 0 Å². The predicted octanol–water partition coefficient (Wildman–Crippen LogP) is 2.87. The Balaban J connectivity index is 1.97. The van der Waals surface area contributed by atoms with Crippen LogP contribution in [-0.4, -0.2) is 15.1 Å². The van der Waals surface area contributed by atoms with Gasteiger partial charge in [0.15, 0.2) is 10.9 Å². The summed E-state index contributed by atoms with van der Waals surface area (Å²) in [7, 11) is 0. The number of aromatic amines is 1. The molecule has 0 aliphatic heterocycles. The second-order valence-corrected chi connectivity index (χ2v) is 6.99. The lowest BCUT2D eigenvalue weighted by molar-refractivity contribution is -0.568. The van der Waals surface area contributed by atoms with E-state index in [4.69, 9.17) is 4.98 Å². The Hall–Kier alpha value is -1.82. The highest BCUT2D eigenvalue weighted by Gasteiger charge is 2.43. The lowest BCUT2D eigenvalue weighted by Gasteiger charge is -2.16. The minimum atomic E-state index is 0.0856. The van der Waals surface area contributed by atoms with Gasteiger partial charge in [-0.1, -0.05) is 0 Å². The molecule has 0 spiro atoms. The molecule has 1 unspecified atom stereocenters. The van der Waals surface area contributed by atoms with E-state index in [1.165, 1.54) is 28.8 Å². The van der Waals surface area contributed by atoms with Crippen LogP contribution in [-0.2, 0) is 0 Å². The van der Waals surface area contributed by atoms with E-state index in [1.807, 2.05) is 6.92 Å². The van der Waals surface area contributed by atoms with Gasteiger partial charge in [-0.3, -0.25) is 0 Å². The fourth-order valence-corrected chi connectivity index (χ4v) is 4.50. The minimum Gasteiger partial charge on any atom is -0.245 e. The van der Waals surface area contributed by atoms with Gasteiger partial charge in [0, 0.05) is 10.5 Å². The molecule has 2 heterocycles. The molecule has 0 amide bonds. The average molecular weight is 301 g/mol. The number of nitrogens with one attached hydrogen (secondary N) is 1. The molecular formula is C15H17N4OS+. The third-order valence-electron chi connectivity index (χ3n) is 4.53. The lowest BCUT2D eigenvalue weighted by Crippen LogP contribution is -2.26. The molecule has 0 saturated carbocycles. The standard InChI is InChI=1S/C15H17N4OS/c1-8-9(2)21-15(18-8)12-10-5-3-4-6-11(10)14-13(12)16-7-17-19(14)20/h7,12H,3-6H2,1-2H3,(H,16,17,20)/q+1. The second-order valence-electron chi connectivity index (χ2n) is 5.75. The first kappa shape index (κ1) is 12.9. The van der Waals surface area contributed by atoms with E-state index >= 15 is 0 Å². The van der Waals surface area contributed by atoms with Gasteiger partial charge >= 0.3 is 5.69 Å². The number of H-pyrrole nitrogens is 1. The van der Waals surface area contributed by atoms with E-state index in [-0.39, 0.29) is 5.92 Å². The summed E-state index contributed by atoms with van der Waals surface area (Å²) in [6.45, 7) is 4.14. The molecule has 2 aromatic rings. The SMILES string of the molecule is Cc1nc(C2C3=C(CCCC3)c3c2nc[nH][n+]3=O)sc1C. The Kier molecular flexibility index (Phi) is 2.82. The normalized spacial score (nSPS) is 20.6. The van der Waals surface area contributed by atoms with Gasteiger partial charge in [-0.15, -0.1) is 16.4 Å². The summed E-state index contributed by atoms with van der Waals surface area (Å²) in [5.41, 5.74) is 5.26. The number of nitrogens with zero attached hydrogens (tertiary/aromatic N) is 3. The summed E-state index contributed by atoms with van der Waals surface area (Å²) in [5.74, 6) is 0.0856. The first-order valence-electron chi connectivity index (χ1n) is 7.33. The van der Waals surface area contributed by atoms with Crippen LogP contribution in [0.15, 0.2) is 11.9 Å². The van der Waals surface area contributed by atoms with Crippen molar-refractivity contribution in [2.45, 2.75) is 45.4 Å². The maximum Gasteiger partial charge on any atom is 0.317 e. The van der Waals surface area contributed by atoms with Crippen LogP contribution in [0.5, 0.6) is 0 Å². The van der Waals surface area contributed by atoms with E-state index in [2.05, 4.69) is 17.0 Å². The number of aromatic nitrogens is 4. The number of hydrogen-bond acceptors (Lipinski definition) is 4. The van der Waals surface area contributed by atoms with Crippen LogP contribution >= 0.6 is 11.3 Å². The van der Waals surface area contributed by atoms with E-state index in [0.717, 1.165) is 45.9 Å². The number of hydrogen-bond donors (Lipinski definition) is 1. The predicted molar refractivity (Wildman–Crippen MR) is 80.8 cm³/mol. The van der Waals surface area contributed by atoms with Crippen LogP contribution in [0, 0.1) is 18.8 Å². The molecule has 1 atom stereocenters. The maximum atomic E-state index is 12.2. The van der Waals surface area contributed by atoms with Crippen LogP contribution in [0.1, 0.15) is 58.6 Å². The minimum absolute atomic E-state index is 0.0856. The molecule has 4 rings (SSSR count). The third kappa shape index (κ3) is 1.82. The molecule has 2 aliphatic carbocycles. The van der Waals surface area contributed by atoms with Gasteiger partial charge in [0.25, 0.3) is 0 Å². The fourth-order valence-electron chi connectivity index (χ4n) is 3.44. The van der Waals surface area contributed by atoms with Crippen LogP contribution < -0.4 is 4.54 Å². The zero-order valence-electron chi connectivity index (χ0n) is 12.1. The van der Waals surface area contributed by atoms with Gasteiger partial charge in [0.05, 0.1) is 16.5 Å². The summed E-state index contributed by atoms with van der Waals surface area (Å²) in [6, 6.07) is 0. The van der Waals surface area contributed by atoms with Crippen molar-refractivity contribution in [1.82, 2.24) is 15.1 Å². The van der Waals surface area contributed by atoms with Gasteiger partial charge < -0.3 is 0 Å². The fraction of sp³-hybridized carbons (Fsp3) is 0.467. The molecule has 0 bridgehead atoms. The number of allylic oxidation sites excluding steroid dienone is 2. The molecule has 0 fully saturated rings. The van der Waals surface area contributed by atoms with E-state index < -0.39 is 0 Å². The van der Waals surface area contributed by atoms with Gasteiger partial charge in [-0.05, 0) is 45.1 Å². The molecule has 0 aromatic carbocycles. The van der Waals surface area contributed by atoms with Crippen molar-refractivity contribution in [2.75, 3.05) is 0 Å². The first-order chi connectivity index (χ1) is 10.2. The molecule has 108 valence electrons. The first-order valence-corrected chi connectivity index (χ1v) is 8.15. The van der Waals surface area contributed by atoms with E-state index in [9.17, 15) is 4.91 Å². The topological polar surface area (TPSA) is 64.5 Å². The largest absolute Gasteiger partial charge is 0.317 e. The molecule has 2 aliphatic rings. The van der Waals surface area contributed by atoms with Crippen molar-refractivity contribution in [1.29, 1.82) is 0 Å². The zero-order valence-corrected chi connectivity index (χ0v) is 13.0. The Labute approximate surface area is 126 Å². The lowest BCUT2D eigenvalue weighted by atomic mass is 9.89. The number of rotatable bonds is 1. The van der Waals surface area contributed by atoms with Gasteiger partial charge in [0.1, 0.15) is 10.7 Å². The van der Waals surface area contributed by atoms with Crippen LogP contribution in [0.25, 0.3) is 5.57 Å². The molecule has 2 aromatic heterocycles. The highest BCUT2D eigenvalue weighted by atomic mass is 32.1. The Morgan fingerprint density at radius 3 is 2.90 bits per heavy atom. The second kappa shape index (κ2) is 4.59. The van der Waals surface area contributed by atoms with Crippen molar-refractivity contribution in [3.8, 4) is 0 Å². The quantitative estimate of drug-likeness (QED) is 0.824. The van der Waals surface area contributed by atoms with Gasteiger partial charge in [-0.2, -0.15) is 0 Å². The Morgan fingerprint density at radius 2 is 2.14 bits per heavy atom. The van der Waals surface area contributed by atoms with Crippen LogP contribution in [0.4, 0.5) is 0 Å². The van der Waals surface area contributed by atoms with Crippen molar-refractivity contribution < 1.29 is 4.54 Å². The third-order valence-corrected chi connectivity index (χ3v) is 5.67. The van der Waals surface area contributed by atoms with Crippen molar-refractivity contribution in [3.05, 3.63) is 43.8 Å². The molecule has 6 heteroatoms. The van der Waals surface area contributed by atoms with E-state index in [1.54, 1.807) is 11.3 Å². The Bertz CT molecular complexity index is 798. The molecule has 1 N–H and O–H groups in total. The maximum absolute atomic E-state index is 12.2. The Morgan fingerprint density at radius 1 is 1.33 bits per heavy atom. The molecule has 21 heavy (non-hydrogen) atoms. The summed E-state index contributed by atoms with van der Waals surface area (Å²) in [4.78, 5) is 22.7. The summed E-state index contributed by atoms with van der Waals surface area (Å²) < 4.78 is 0.871. The monoisotopic (exact) mass is 301 g/mol. The smallest absolute Gasteiger partial charge is 0.245 e. The molecular weight excluding hydrogens is 284 g/mol. The van der Waals surface area contributed by atoms with E-state index in [0.29, 0.717) is 0 Å².